The Morgan fingerprint density at radius 1 is 1.23 bits per heavy atom. The fraction of sp³-hybridized carbons (Fsp3) is 0.440. The molecular formula is C25H30N4O2. The fourth-order valence-electron chi connectivity index (χ4n) is 5.40. The maximum absolute atomic E-state index is 7.57. The number of hydrogen-bond donors (Lipinski definition) is 2. The molecule has 3 atom stereocenters. The quantitative estimate of drug-likeness (QED) is 0.709. The van der Waals surface area contributed by atoms with Gasteiger partial charge in [0, 0.05) is 19.7 Å². The molecule has 0 bridgehead atoms. The van der Waals surface area contributed by atoms with E-state index in [2.05, 4.69) is 32.0 Å². The van der Waals surface area contributed by atoms with Crippen LogP contribution in [-0.4, -0.2) is 29.9 Å². The van der Waals surface area contributed by atoms with Gasteiger partial charge in [-0.2, -0.15) is 0 Å². The first-order chi connectivity index (χ1) is 14.8. The Balaban J connectivity index is 1.60. The first kappa shape index (κ1) is 20.1. The van der Waals surface area contributed by atoms with Crippen LogP contribution in [0.5, 0.6) is 5.75 Å². The summed E-state index contributed by atoms with van der Waals surface area (Å²) in [5.41, 5.74) is 8.89. The number of nitrogens with one attached hydrogen (secondary N) is 1. The number of nitrogens with zero attached hydrogens (tertiary/aromatic N) is 2. The Labute approximate surface area is 183 Å². The van der Waals surface area contributed by atoms with Crippen LogP contribution < -0.4 is 10.5 Å². The van der Waals surface area contributed by atoms with E-state index in [1.807, 2.05) is 24.3 Å². The number of hydroxylamine groups is 2. The third kappa shape index (κ3) is 3.30. The van der Waals surface area contributed by atoms with Crippen molar-refractivity contribution in [2.75, 3.05) is 7.05 Å². The highest BCUT2D eigenvalue weighted by Crippen LogP contribution is 2.56. The van der Waals surface area contributed by atoms with Crippen molar-refractivity contribution in [3.8, 4) is 16.9 Å². The molecule has 2 heterocycles. The molecule has 1 fully saturated rings. The highest BCUT2D eigenvalue weighted by atomic mass is 16.7. The molecule has 6 heteroatoms. The van der Waals surface area contributed by atoms with Crippen molar-refractivity contribution in [2.45, 2.75) is 50.9 Å². The number of aliphatic imine (C=N–C) groups is 1. The molecule has 2 aromatic rings. The molecule has 1 aliphatic carbocycles. The van der Waals surface area contributed by atoms with E-state index in [0.29, 0.717) is 24.2 Å². The van der Waals surface area contributed by atoms with Crippen molar-refractivity contribution in [3.63, 3.8) is 0 Å². The zero-order valence-corrected chi connectivity index (χ0v) is 18.4. The standard InChI is InChI=1S/C25H30N4O2/c1-16(2)20-9-10-24(13-20)15-25(28-23(27)29(3)31-25)21-12-19(7-8-22(21)30-24)18-6-4-5-17(11-18)14-26/h4-8,11-12,14,16,20,26H,9-10,13,15H2,1-3H3,(H2,27,28). The number of benzene rings is 2. The molecule has 2 aliphatic heterocycles. The van der Waals surface area contributed by atoms with E-state index < -0.39 is 5.72 Å². The van der Waals surface area contributed by atoms with Gasteiger partial charge < -0.3 is 15.9 Å². The third-order valence-electron chi connectivity index (χ3n) is 7.13. The SMILES string of the molecule is CC(C)C1CCC2(C1)CC1(N=C(N)N(C)O1)c1cc(-c3cccc(C=N)c3)ccc1O2. The number of guanidine groups is 1. The number of nitrogens with two attached hydrogens (primary N) is 1. The predicted molar refractivity (Wildman–Crippen MR) is 122 cm³/mol. The summed E-state index contributed by atoms with van der Waals surface area (Å²) in [7, 11) is 1.80. The maximum atomic E-state index is 7.57. The lowest BCUT2D eigenvalue weighted by molar-refractivity contribution is -0.203. The first-order valence-electron chi connectivity index (χ1n) is 11.1. The second kappa shape index (κ2) is 7.09. The van der Waals surface area contributed by atoms with Crippen molar-refractivity contribution >= 4 is 12.2 Å². The average Bonchev–Trinajstić information content (AvgIpc) is 3.28. The van der Waals surface area contributed by atoms with Crippen LogP contribution in [0.1, 0.15) is 50.7 Å². The minimum Gasteiger partial charge on any atom is -0.487 e. The predicted octanol–water partition coefficient (Wildman–Crippen LogP) is 4.67. The number of ether oxygens (including phenoxy) is 1. The lowest BCUT2D eigenvalue weighted by Gasteiger charge is -2.43. The highest BCUT2D eigenvalue weighted by Gasteiger charge is 2.56. The summed E-state index contributed by atoms with van der Waals surface area (Å²) in [5, 5.41) is 9.14. The molecule has 3 unspecified atom stereocenters. The Morgan fingerprint density at radius 3 is 2.71 bits per heavy atom. The summed E-state index contributed by atoms with van der Waals surface area (Å²) in [6, 6.07) is 14.2. The Morgan fingerprint density at radius 2 is 2.03 bits per heavy atom. The molecule has 0 amide bonds. The summed E-state index contributed by atoms with van der Waals surface area (Å²) >= 11 is 0. The molecule has 162 valence electrons. The zero-order chi connectivity index (χ0) is 21.8. The number of rotatable bonds is 3. The Kier molecular flexibility index (Phi) is 4.59. The van der Waals surface area contributed by atoms with Gasteiger partial charge in [-0.05, 0) is 66.0 Å². The average molecular weight is 419 g/mol. The van der Waals surface area contributed by atoms with Gasteiger partial charge in [0.25, 0.3) is 0 Å². The first-order valence-corrected chi connectivity index (χ1v) is 11.1. The van der Waals surface area contributed by atoms with Crippen LogP contribution in [0, 0.1) is 17.2 Å². The molecule has 0 saturated heterocycles. The molecule has 3 N–H and O–H groups in total. The smallest absolute Gasteiger partial charge is 0.222 e. The van der Waals surface area contributed by atoms with E-state index in [1.54, 1.807) is 12.1 Å². The van der Waals surface area contributed by atoms with Crippen LogP contribution in [0.2, 0.25) is 0 Å². The van der Waals surface area contributed by atoms with Gasteiger partial charge in [0.15, 0.2) is 0 Å². The van der Waals surface area contributed by atoms with Gasteiger partial charge in [0.2, 0.25) is 11.7 Å². The summed E-state index contributed by atoms with van der Waals surface area (Å²) in [6.45, 7) is 4.59. The summed E-state index contributed by atoms with van der Waals surface area (Å²) < 4.78 is 6.71. The van der Waals surface area contributed by atoms with Gasteiger partial charge >= 0.3 is 0 Å². The van der Waals surface area contributed by atoms with Crippen molar-refractivity contribution in [1.29, 1.82) is 5.41 Å². The van der Waals surface area contributed by atoms with E-state index in [9.17, 15) is 0 Å². The van der Waals surface area contributed by atoms with Gasteiger partial charge in [-0.15, -0.1) is 0 Å². The normalized spacial score (nSPS) is 29.4. The minimum absolute atomic E-state index is 0.279. The molecule has 2 spiro atoms. The van der Waals surface area contributed by atoms with Gasteiger partial charge in [-0.25, -0.2) is 14.9 Å². The van der Waals surface area contributed by atoms with Crippen molar-refractivity contribution in [2.24, 2.45) is 22.6 Å². The lowest BCUT2D eigenvalue weighted by Crippen LogP contribution is -2.47. The molecule has 2 aromatic carbocycles. The molecule has 1 saturated carbocycles. The minimum atomic E-state index is -0.868. The lowest BCUT2D eigenvalue weighted by atomic mass is 9.81. The van der Waals surface area contributed by atoms with Crippen LogP contribution in [0.3, 0.4) is 0 Å². The van der Waals surface area contributed by atoms with Crippen molar-refractivity contribution in [1.82, 2.24) is 5.06 Å². The molecule has 6 nitrogen and oxygen atoms in total. The zero-order valence-electron chi connectivity index (χ0n) is 18.4. The van der Waals surface area contributed by atoms with E-state index in [4.69, 9.17) is 25.7 Å². The molecule has 5 rings (SSSR count). The second-order valence-corrected chi connectivity index (χ2v) is 9.53. The monoisotopic (exact) mass is 418 g/mol. The van der Waals surface area contributed by atoms with Crippen LogP contribution >= 0.6 is 0 Å². The fourth-order valence-corrected chi connectivity index (χ4v) is 5.40. The Hall–Kier alpha value is -2.86. The van der Waals surface area contributed by atoms with Gasteiger partial charge in [0.05, 0.1) is 5.56 Å². The third-order valence-corrected chi connectivity index (χ3v) is 7.13. The van der Waals surface area contributed by atoms with E-state index in [1.165, 1.54) is 6.21 Å². The molecular weight excluding hydrogens is 388 g/mol. The summed E-state index contributed by atoms with van der Waals surface area (Å²) in [6.07, 6.45) is 5.19. The second-order valence-electron chi connectivity index (χ2n) is 9.53. The van der Waals surface area contributed by atoms with Gasteiger partial charge in [0.1, 0.15) is 11.4 Å². The van der Waals surface area contributed by atoms with Gasteiger partial charge in [-0.1, -0.05) is 38.1 Å². The van der Waals surface area contributed by atoms with E-state index >= 15 is 0 Å². The van der Waals surface area contributed by atoms with E-state index in [0.717, 1.165) is 47.3 Å². The number of hydrogen-bond acceptors (Lipinski definition) is 6. The van der Waals surface area contributed by atoms with Gasteiger partial charge in [-0.3, -0.25) is 0 Å². The summed E-state index contributed by atoms with van der Waals surface area (Å²) in [4.78, 5) is 11.2. The van der Waals surface area contributed by atoms with Crippen LogP contribution in [-0.2, 0) is 10.6 Å². The number of fused-ring (bicyclic) bond motifs is 2. The van der Waals surface area contributed by atoms with Crippen LogP contribution in [0.15, 0.2) is 47.5 Å². The topological polar surface area (TPSA) is 83.9 Å². The molecule has 0 aromatic heterocycles. The molecule has 31 heavy (non-hydrogen) atoms. The van der Waals surface area contributed by atoms with E-state index in [-0.39, 0.29) is 5.60 Å². The summed E-state index contributed by atoms with van der Waals surface area (Å²) in [5.74, 6) is 2.49. The van der Waals surface area contributed by atoms with Crippen LogP contribution in [0.4, 0.5) is 0 Å². The Bertz CT molecular complexity index is 1070. The largest absolute Gasteiger partial charge is 0.487 e. The highest BCUT2D eigenvalue weighted by molar-refractivity contribution is 5.81. The van der Waals surface area contributed by atoms with Crippen molar-refractivity contribution in [3.05, 3.63) is 53.6 Å². The molecule has 0 radical (unpaired) electrons. The maximum Gasteiger partial charge on any atom is 0.222 e. The van der Waals surface area contributed by atoms with Crippen LogP contribution in [0.25, 0.3) is 11.1 Å². The molecule has 3 aliphatic rings. The van der Waals surface area contributed by atoms with Crippen molar-refractivity contribution < 1.29 is 9.57 Å².